The monoisotopic (exact) mass is 329 g/mol. The molecule has 2 heterocycles. The second kappa shape index (κ2) is 5.95. The van der Waals surface area contributed by atoms with Crippen LogP contribution < -0.4 is 10.6 Å². The Labute approximate surface area is 138 Å². The summed E-state index contributed by atoms with van der Waals surface area (Å²) in [4.78, 5) is 27.7. The van der Waals surface area contributed by atoms with E-state index in [1.807, 2.05) is 0 Å². The fraction of sp³-hybridized carbons (Fsp3) is 0.375. The molecule has 0 spiro atoms. The van der Waals surface area contributed by atoms with Crippen molar-refractivity contribution < 1.29 is 14.7 Å². The van der Waals surface area contributed by atoms with Gasteiger partial charge in [0.25, 0.3) is 5.91 Å². The molecule has 3 N–H and O–H groups in total. The van der Waals surface area contributed by atoms with Crippen LogP contribution in [0.25, 0.3) is 0 Å². The van der Waals surface area contributed by atoms with Crippen molar-refractivity contribution in [3.63, 3.8) is 0 Å². The van der Waals surface area contributed by atoms with Crippen molar-refractivity contribution >= 4 is 23.5 Å². The van der Waals surface area contributed by atoms with E-state index in [1.54, 1.807) is 18.2 Å². The highest BCUT2D eigenvalue weighted by Gasteiger charge is 2.30. The zero-order valence-electron chi connectivity index (χ0n) is 13.5. The van der Waals surface area contributed by atoms with Gasteiger partial charge in [0.05, 0.1) is 5.56 Å². The Morgan fingerprint density at radius 3 is 2.58 bits per heavy atom. The van der Waals surface area contributed by atoms with E-state index < -0.39 is 11.5 Å². The van der Waals surface area contributed by atoms with E-state index in [0.717, 1.165) is 18.7 Å². The average Bonchev–Trinajstić information content (AvgIpc) is 3.22. The topological polar surface area (TPSA) is 109 Å². The first kappa shape index (κ1) is 16.0. The Morgan fingerprint density at radius 2 is 2.00 bits per heavy atom. The summed E-state index contributed by atoms with van der Waals surface area (Å²) in [5.74, 6) is -0.318. The van der Waals surface area contributed by atoms with Crippen LogP contribution in [0.4, 0.5) is 11.6 Å². The molecule has 1 amide bonds. The number of aromatic nitrogens is 3. The quantitative estimate of drug-likeness (QED) is 0.747. The molecule has 24 heavy (non-hydrogen) atoms. The Hall–Kier alpha value is -2.90. The van der Waals surface area contributed by atoms with Crippen LogP contribution in [-0.2, 0) is 10.3 Å². The molecular formula is C16H19N5O3. The molecule has 0 unspecified atom stereocenters. The number of carbonyl (C=O) groups is 2. The van der Waals surface area contributed by atoms with E-state index in [0.29, 0.717) is 11.6 Å². The first-order valence-electron chi connectivity index (χ1n) is 7.70. The van der Waals surface area contributed by atoms with E-state index in [9.17, 15) is 14.7 Å². The highest BCUT2D eigenvalue weighted by atomic mass is 16.4. The zero-order chi connectivity index (χ0) is 17.3. The van der Waals surface area contributed by atoms with Crippen molar-refractivity contribution in [2.24, 2.45) is 0 Å². The van der Waals surface area contributed by atoms with Gasteiger partial charge in [-0.05, 0) is 38.8 Å². The van der Waals surface area contributed by atoms with Gasteiger partial charge < -0.3 is 15.7 Å². The van der Waals surface area contributed by atoms with Gasteiger partial charge in [-0.2, -0.15) is 5.10 Å². The SMILES string of the molecule is CC(C)(C(=O)O)n1ccc(NC(=O)c2ccc(NC3CC3)nc2)n1. The maximum absolute atomic E-state index is 12.2. The molecule has 8 heteroatoms. The molecule has 0 aliphatic heterocycles. The van der Waals surface area contributed by atoms with E-state index in [1.165, 1.54) is 30.9 Å². The number of anilines is 2. The Morgan fingerprint density at radius 1 is 1.25 bits per heavy atom. The highest BCUT2D eigenvalue weighted by molar-refractivity contribution is 6.03. The Bertz CT molecular complexity index is 762. The van der Waals surface area contributed by atoms with Gasteiger partial charge in [-0.15, -0.1) is 0 Å². The van der Waals surface area contributed by atoms with E-state index >= 15 is 0 Å². The lowest BCUT2D eigenvalue weighted by Crippen LogP contribution is -2.36. The Balaban J connectivity index is 1.66. The van der Waals surface area contributed by atoms with Gasteiger partial charge in [-0.25, -0.2) is 9.78 Å². The third-order valence-electron chi connectivity index (χ3n) is 3.88. The molecule has 126 valence electrons. The largest absolute Gasteiger partial charge is 0.479 e. The standard InChI is InChI=1S/C16H19N5O3/c1-16(2,15(23)24)21-8-7-13(20-21)19-14(22)10-3-6-12(17-9-10)18-11-4-5-11/h3,6-9,11H,4-5H2,1-2H3,(H,17,18)(H,23,24)(H,19,20,22). The molecule has 0 saturated heterocycles. The summed E-state index contributed by atoms with van der Waals surface area (Å²) >= 11 is 0. The molecule has 2 aromatic heterocycles. The number of carboxylic acids is 1. The molecule has 2 aromatic rings. The number of aliphatic carboxylic acids is 1. The first-order valence-corrected chi connectivity index (χ1v) is 7.70. The fourth-order valence-corrected chi connectivity index (χ4v) is 2.04. The van der Waals surface area contributed by atoms with Crippen LogP contribution >= 0.6 is 0 Å². The molecular weight excluding hydrogens is 310 g/mol. The van der Waals surface area contributed by atoms with Crippen molar-refractivity contribution in [1.82, 2.24) is 14.8 Å². The van der Waals surface area contributed by atoms with Crippen molar-refractivity contribution in [3.8, 4) is 0 Å². The van der Waals surface area contributed by atoms with Crippen molar-refractivity contribution in [2.45, 2.75) is 38.3 Å². The number of nitrogens with zero attached hydrogens (tertiary/aromatic N) is 3. The number of hydrogen-bond acceptors (Lipinski definition) is 5. The maximum Gasteiger partial charge on any atom is 0.331 e. The summed E-state index contributed by atoms with van der Waals surface area (Å²) < 4.78 is 1.30. The third kappa shape index (κ3) is 3.37. The fourth-order valence-electron chi connectivity index (χ4n) is 2.04. The lowest BCUT2D eigenvalue weighted by Gasteiger charge is -2.19. The van der Waals surface area contributed by atoms with Crippen LogP contribution in [0.1, 0.15) is 37.0 Å². The normalized spacial score (nSPS) is 14.2. The molecule has 0 atom stereocenters. The lowest BCUT2D eigenvalue weighted by molar-refractivity contribution is -0.146. The van der Waals surface area contributed by atoms with Crippen LogP contribution in [0, 0.1) is 0 Å². The number of carboxylic acid groups (broad SMARTS) is 1. The molecule has 0 aromatic carbocycles. The summed E-state index contributed by atoms with van der Waals surface area (Å²) in [7, 11) is 0. The van der Waals surface area contributed by atoms with Gasteiger partial charge >= 0.3 is 5.97 Å². The average molecular weight is 329 g/mol. The number of carbonyl (C=O) groups excluding carboxylic acids is 1. The predicted octanol–water partition coefficient (Wildman–Crippen LogP) is 1.92. The molecule has 0 radical (unpaired) electrons. The second-order valence-corrected chi connectivity index (χ2v) is 6.31. The van der Waals surface area contributed by atoms with Crippen LogP contribution in [0.15, 0.2) is 30.6 Å². The smallest absolute Gasteiger partial charge is 0.331 e. The van der Waals surface area contributed by atoms with Crippen molar-refractivity contribution in [1.29, 1.82) is 0 Å². The molecule has 0 bridgehead atoms. The number of rotatable bonds is 6. The molecule has 8 nitrogen and oxygen atoms in total. The van der Waals surface area contributed by atoms with Crippen molar-refractivity contribution in [2.75, 3.05) is 10.6 Å². The minimum absolute atomic E-state index is 0.287. The summed E-state index contributed by atoms with van der Waals surface area (Å²) in [5.41, 5.74) is -0.788. The van der Waals surface area contributed by atoms with Gasteiger partial charge in [0, 0.05) is 24.5 Å². The van der Waals surface area contributed by atoms with Gasteiger partial charge in [-0.3, -0.25) is 9.48 Å². The van der Waals surface area contributed by atoms with Gasteiger partial charge in [-0.1, -0.05) is 0 Å². The van der Waals surface area contributed by atoms with E-state index in [-0.39, 0.29) is 11.7 Å². The molecule has 1 fully saturated rings. The van der Waals surface area contributed by atoms with Gasteiger partial charge in [0.15, 0.2) is 11.4 Å². The Kier molecular flexibility index (Phi) is 3.96. The first-order chi connectivity index (χ1) is 11.4. The van der Waals surface area contributed by atoms with Crippen molar-refractivity contribution in [3.05, 3.63) is 36.2 Å². The second-order valence-electron chi connectivity index (χ2n) is 6.31. The third-order valence-corrected chi connectivity index (χ3v) is 3.88. The van der Waals surface area contributed by atoms with Crippen LogP contribution in [0.2, 0.25) is 0 Å². The summed E-state index contributed by atoms with van der Waals surface area (Å²) in [6.07, 6.45) is 5.32. The molecule has 1 aliphatic carbocycles. The van der Waals surface area contributed by atoms with Gasteiger partial charge in [0.2, 0.25) is 0 Å². The molecule has 1 saturated carbocycles. The summed E-state index contributed by atoms with van der Waals surface area (Å²) in [6.45, 7) is 3.06. The van der Waals surface area contributed by atoms with Crippen LogP contribution in [0.5, 0.6) is 0 Å². The number of pyridine rings is 1. The zero-order valence-corrected chi connectivity index (χ0v) is 13.5. The van der Waals surface area contributed by atoms with Gasteiger partial charge in [0.1, 0.15) is 5.82 Å². The van der Waals surface area contributed by atoms with E-state index in [4.69, 9.17) is 0 Å². The predicted molar refractivity (Wildman–Crippen MR) is 88.0 cm³/mol. The molecule has 3 rings (SSSR count). The minimum Gasteiger partial charge on any atom is -0.479 e. The summed E-state index contributed by atoms with van der Waals surface area (Å²) in [5, 5.41) is 19.2. The number of amides is 1. The highest BCUT2D eigenvalue weighted by Crippen LogP contribution is 2.23. The lowest BCUT2D eigenvalue weighted by atomic mass is 10.1. The summed E-state index contributed by atoms with van der Waals surface area (Å²) in [6, 6.07) is 5.50. The van der Waals surface area contributed by atoms with Crippen LogP contribution in [-0.4, -0.2) is 37.8 Å². The number of hydrogen-bond donors (Lipinski definition) is 3. The maximum atomic E-state index is 12.2. The van der Waals surface area contributed by atoms with Crippen LogP contribution in [0.3, 0.4) is 0 Å². The van der Waals surface area contributed by atoms with E-state index in [2.05, 4.69) is 20.7 Å². The number of nitrogens with one attached hydrogen (secondary N) is 2. The minimum atomic E-state index is -1.19. The molecule has 1 aliphatic rings.